The third kappa shape index (κ3) is 2.72. The number of piperidine rings is 1. The number of nitrogens with zero attached hydrogens (tertiary/aromatic N) is 3. The quantitative estimate of drug-likeness (QED) is 0.714. The Kier molecular flexibility index (Phi) is 3.79. The van der Waals surface area contributed by atoms with Crippen molar-refractivity contribution in [3.05, 3.63) is 59.4 Å². The lowest BCUT2D eigenvalue weighted by atomic mass is 10.0. The van der Waals surface area contributed by atoms with Gasteiger partial charge in [-0.05, 0) is 43.5 Å². The highest BCUT2D eigenvalue weighted by Crippen LogP contribution is 2.36. The van der Waals surface area contributed by atoms with Crippen molar-refractivity contribution in [2.75, 3.05) is 6.54 Å². The largest absolute Gasteiger partial charge is 0.328 e. The van der Waals surface area contributed by atoms with E-state index in [1.165, 1.54) is 4.70 Å². The summed E-state index contributed by atoms with van der Waals surface area (Å²) in [5.41, 5.74) is 1.53. The molecule has 1 fully saturated rings. The van der Waals surface area contributed by atoms with Gasteiger partial charge in [-0.3, -0.25) is 9.78 Å². The van der Waals surface area contributed by atoms with Gasteiger partial charge in [-0.2, -0.15) is 0 Å². The number of carbonyl (C=O) groups excluding carboxylic acids is 1. The van der Waals surface area contributed by atoms with Gasteiger partial charge in [-0.25, -0.2) is 4.98 Å². The molecule has 4 rings (SSSR count). The van der Waals surface area contributed by atoms with Crippen molar-refractivity contribution in [2.24, 2.45) is 0 Å². The van der Waals surface area contributed by atoms with Crippen molar-refractivity contribution < 1.29 is 4.79 Å². The molecular formula is C18H17N3OS. The summed E-state index contributed by atoms with van der Waals surface area (Å²) in [5, 5.41) is 1.04. The zero-order valence-corrected chi connectivity index (χ0v) is 13.5. The average Bonchev–Trinajstić information content (AvgIpc) is 3.06. The lowest BCUT2D eigenvalue weighted by Gasteiger charge is -2.34. The summed E-state index contributed by atoms with van der Waals surface area (Å²) in [4.78, 5) is 23.8. The minimum atomic E-state index is 0.00885. The van der Waals surface area contributed by atoms with Gasteiger partial charge in [-0.1, -0.05) is 18.2 Å². The van der Waals surface area contributed by atoms with Crippen LogP contribution in [0.1, 0.15) is 40.8 Å². The van der Waals surface area contributed by atoms with Crippen molar-refractivity contribution in [1.29, 1.82) is 0 Å². The number of carbonyl (C=O) groups is 1. The van der Waals surface area contributed by atoms with Crippen molar-refractivity contribution in [3.8, 4) is 0 Å². The van der Waals surface area contributed by atoms with E-state index < -0.39 is 0 Å². The summed E-state index contributed by atoms with van der Waals surface area (Å²) < 4.78 is 1.18. The minimum absolute atomic E-state index is 0.00885. The molecule has 23 heavy (non-hydrogen) atoms. The molecule has 0 saturated carbocycles. The van der Waals surface area contributed by atoms with Crippen LogP contribution >= 0.6 is 11.3 Å². The molecule has 2 aromatic heterocycles. The van der Waals surface area contributed by atoms with E-state index in [0.717, 1.165) is 36.3 Å². The first-order valence-corrected chi connectivity index (χ1v) is 8.72. The Labute approximate surface area is 138 Å². The number of amides is 1. The first kappa shape index (κ1) is 14.3. The Morgan fingerprint density at radius 1 is 1.13 bits per heavy atom. The van der Waals surface area contributed by atoms with Crippen LogP contribution in [0.5, 0.6) is 0 Å². The van der Waals surface area contributed by atoms with E-state index in [-0.39, 0.29) is 11.9 Å². The van der Waals surface area contributed by atoms with Crippen LogP contribution < -0.4 is 0 Å². The fourth-order valence-corrected chi connectivity index (χ4v) is 4.22. The summed E-state index contributed by atoms with van der Waals surface area (Å²) in [6.45, 7) is 0.774. The molecule has 0 radical (unpaired) electrons. The Balaban J connectivity index is 1.69. The second-order valence-electron chi connectivity index (χ2n) is 5.74. The molecule has 0 N–H and O–H groups in total. The second kappa shape index (κ2) is 6.08. The molecule has 1 aliphatic heterocycles. The maximum atomic E-state index is 12.8. The lowest BCUT2D eigenvalue weighted by molar-refractivity contribution is 0.0605. The van der Waals surface area contributed by atoms with E-state index in [0.29, 0.717) is 5.69 Å². The molecule has 1 saturated heterocycles. The van der Waals surface area contributed by atoms with Crippen LogP contribution in [0.4, 0.5) is 0 Å². The van der Waals surface area contributed by atoms with Crippen LogP contribution in [0.3, 0.4) is 0 Å². The fraction of sp³-hybridized carbons (Fsp3) is 0.278. The Hall–Kier alpha value is -2.27. The third-order valence-electron chi connectivity index (χ3n) is 4.24. The van der Waals surface area contributed by atoms with Crippen LogP contribution in [-0.4, -0.2) is 27.3 Å². The molecule has 1 amide bonds. The van der Waals surface area contributed by atoms with E-state index in [2.05, 4.69) is 11.1 Å². The third-order valence-corrected chi connectivity index (χ3v) is 5.38. The van der Waals surface area contributed by atoms with Crippen molar-refractivity contribution >= 4 is 27.5 Å². The van der Waals surface area contributed by atoms with Crippen molar-refractivity contribution in [1.82, 2.24) is 14.9 Å². The number of benzene rings is 1. The predicted molar refractivity (Wildman–Crippen MR) is 91.5 cm³/mol. The van der Waals surface area contributed by atoms with Gasteiger partial charge in [-0.15, -0.1) is 11.3 Å². The van der Waals surface area contributed by atoms with Crippen molar-refractivity contribution in [2.45, 2.75) is 25.3 Å². The number of pyridine rings is 1. The van der Waals surface area contributed by atoms with E-state index in [9.17, 15) is 4.79 Å². The van der Waals surface area contributed by atoms with Crippen LogP contribution in [0, 0.1) is 0 Å². The minimum Gasteiger partial charge on any atom is -0.328 e. The van der Waals surface area contributed by atoms with Gasteiger partial charge >= 0.3 is 0 Å². The monoisotopic (exact) mass is 323 g/mol. The van der Waals surface area contributed by atoms with Gasteiger partial charge in [0.1, 0.15) is 10.7 Å². The molecule has 5 heteroatoms. The fourth-order valence-electron chi connectivity index (χ4n) is 3.10. The molecule has 1 aromatic carbocycles. The molecule has 4 nitrogen and oxygen atoms in total. The number of aromatic nitrogens is 2. The smallest absolute Gasteiger partial charge is 0.273 e. The number of rotatable bonds is 2. The lowest BCUT2D eigenvalue weighted by Crippen LogP contribution is -2.38. The number of para-hydroxylation sites is 1. The van der Waals surface area contributed by atoms with Gasteiger partial charge in [0, 0.05) is 12.7 Å². The first-order valence-electron chi connectivity index (χ1n) is 7.90. The summed E-state index contributed by atoms with van der Waals surface area (Å²) in [6.07, 6.45) is 4.81. The van der Waals surface area contributed by atoms with Gasteiger partial charge in [0.05, 0.1) is 16.3 Å². The van der Waals surface area contributed by atoms with E-state index in [4.69, 9.17) is 4.98 Å². The molecule has 1 atom stereocenters. The Morgan fingerprint density at radius 3 is 2.83 bits per heavy atom. The second-order valence-corrected chi connectivity index (χ2v) is 6.81. The maximum absolute atomic E-state index is 12.8. The number of thiazole rings is 1. The topological polar surface area (TPSA) is 46.1 Å². The molecule has 116 valence electrons. The van der Waals surface area contributed by atoms with Gasteiger partial charge in [0.15, 0.2) is 0 Å². The number of fused-ring (bicyclic) bond motifs is 1. The molecule has 1 aliphatic rings. The number of hydrogen-bond acceptors (Lipinski definition) is 4. The van der Waals surface area contributed by atoms with Gasteiger partial charge < -0.3 is 4.90 Å². The molecule has 1 unspecified atom stereocenters. The molecule has 0 spiro atoms. The van der Waals surface area contributed by atoms with Crippen LogP contribution in [-0.2, 0) is 0 Å². The highest BCUT2D eigenvalue weighted by atomic mass is 32.1. The number of hydrogen-bond donors (Lipinski definition) is 0. The average molecular weight is 323 g/mol. The standard InChI is InChI=1S/C18H17N3OS/c22-18(14-8-3-5-11-19-14)21-12-6-4-9-15(21)17-20-13-7-1-2-10-16(13)23-17/h1-3,5,7-8,10-11,15H,4,6,9,12H2. The van der Waals surface area contributed by atoms with Gasteiger partial charge in [0.25, 0.3) is 5.91 Å². The summed E-state index contributed by atoms with van der Waals surface area (Å²) in [7, 11) is 0. The Bertz CT molecular complexity index is 797. The molecule has 3 heterocycles. The highest BCUT2D eigenvalue weighted by molar-refractivity contribution is 7.18. The highest BCUT2D eigenvalue weighted by Gasteiger charge is 2.31. The zero-order valence-electron chi connectivity index (χ0n) is 12.7. The molecule has 3 aromatic rings. The summed E-state index contributed by atoms with van der Waals surface area (Å²) in [5.74, 6) is 0.00885. The van der Waals surface area contributed by atoms with Crippen molar-refractivity contribution in [3.63, 3.8) is 0 Å². The summed E-state index contributed by atoms with van der Waals surface area (Å²) >= 11 is 1.69. The number of likely N-dealkylation sites (tertiary alicyclic amines) is 1. The first-order chi connectivity index (χ1) is 11.3. The van der Waals surface area contributed by atoms with Gasteiger partial charge in [0.2, 0.25) is 0 Å². The summed E-state index contributed by atoms with van der Waals surface area (Å²) in [6, 6.07) is 13.7. The maximum Gasteiger partial charge on any atom is 0.273 e. The van der Waals surface area contributed by atoms with Crippen LogP contribution in [0.25, 0.3) is 10.2 Å². The van der Waals surface area contributed by atoms with E-state index in [1.54, 1.807) is 23.6 Å². The molecule has 0 bridgehead atoms. The van der Waals surface area contributed by atoms with E-state index in [1.807, 2.05) is 35.2 Å². The van der Waals surface area contributed by atoms with E-state index >= 15 is 0 Å². The SMILES string of the molecule is O=C(c1ccccn1)N1CCCCC1c1nc2ccccc2s1. The molecular weight excluding hydrogens is 306 g/mol. The molecule has 0 aliphatic carbocycles. The predicted octanol–water partition coefficient (Wildman–Crippen LogP) is 4.06. The zero-order chi connectivity index (χ0) is 15.6. The van der Waals surface area contributed by atoms with Crippen LogP contribution in [0.15, 0.2) is 48.7 Å². The Morgan fingerprint density at radius 2 is 2.00 bits per heavy atom. The van der Waals surface area contributed by atoms with Crippen LogP contribution in [0.2, 0.25) is 0 Å². The normalized spacial score (nSPS) is 18.3.